The van der Waals surface area contributed by atoms with Gasteiger partial charge in [0.05, 0.1) is 13.0 Å². The molecule has 1 atom stereocenters. The minimum atomic E-state index is -0.00341. The zero-order valence-electron chi connectivity index (χ0n) is 19.6. The van der Waals surface area contributed by atoms with E-state index in [0.29, 0.717) is 18.4 Å². The van der Waals surface area contributed by atoms with Crippen LogP contribution < -0.4 is 9.64 Å². The molecule has 1 aromatic heterocycles. The van der Waals surface area contributed by atoms with Crippen LogP contribution in [0.1, 0.15) is 44.9 Å². The quantitative estimate of drug-likeness (QED) is 0.686. The van der Waals surface area contributed by atoms with E-state index >= 15 is 0 Å². The van der Waals surface area contributed by atoms with Crippen molar-refractivity contribution in [3.8, 4) is 17.1 Å². The number of piperidine rings is 1. The number of rotatable bonds is 5. The first-order valence-corrected chi connectivity index (χ1v) is 12.5. The summed E-state index contributed by atoms with van der Waals surface area (Å²) in [5.41, 5.74) is 0.881. The van der Waals surface area contributed by atoms with Gasteiger partial charge >= 0.3 is 6.01 Å². The molecule has 2 aromatic rings. The third-order valence-electron chi connectivity index (χ3n) is 7.52. The highest BCUT2D eigenvalue weighted by atomic mass is 16.5. The lowest BCUT2D eigenvalue weighted by Crippen LogP contribution is -2.54. The maximum absolute atomic E-state index is 13.3. The van der Waals surface area contributed by atoms with E-state index in [0.717, 1.165) is 62.9 Å². The van der Waals surface area contributed by atoms with Crippen molar-refractivity contribution in [3.05, 3.63) is 24.3 Å². The molecule has 33 heavy (non-hydrogen) atoms. The van der Waals surface area contributed by atoms with Crippen LogP contribution in [0.25, 0.3) is 11.4 Å². The average molecular weight is 454 g/mol. The van der Waals surface area contributed by atoms with Crippen molar-refractivity contribution in [2.45, 2.75) is 51.0 Å². The Bertz CT molecular complexity index is 916. The molecule has 0 N–H and O–H groups in total. The van der Waals surface area contributed by atoms with Crippen LogP contribution in [0.3, 0.4) is 0 Å². The Morgan fingerprint density at radius 3 is 2.45 bits per heavy atom. The minimum Gasteiger partial charge on any atom is -0.497 e. The Labute approximate surface area is 195 Å². The van der Waals surface area contributed by atoms with Crippen LogP contribution in [0.2, 0.25) is 0 Å². The molecule has 2 aliphatic heterocycles. The van der Waals surface area contributed by atoms with Gasteiger partial charge in [0.1, 0.15) is 5.75 Å². The van der Waals surface area contributed by atoms with Crippen molar-refractivity contribution in [2.75, 3.05) is 51.3 Å². The maximum atomic E-state index is 13.3. The fraction of sp³-hybridized carbons (Fsp3) is 0.640. The second-order valence-corrected chi connectivity index (χ2v) is 9.57. The van der Waals surface area contributed by atoms with Crippen LogP contribution in [0.4, 0.5) is 6.01 Å². The molecule has 0 radical (unpaired) electrons. The van der Waals surface area contributed by atoms with Crippen LogP contribution in [0.5, 0.6) is 5.75 Å². The zero-order chi connectivity index (χ0) is 22.6. The number of hydrogen-bond acceptors (Lipinski definition) is 7. The fourth-order valence-corrected chi connectivity index (χ4v) is 5.57. The molecule has 1 saturated carbocycles. The number of benzene rings is 1. The summed E-state index contributed by atoms with van der Waals surface area (Å²) in [6, 6.07) is 8.84. The second-order valence-electron chi connectivity index (χ2n) is 9.57. The highest BCUT2D eigenvalue weighted by Gasteiger charge is 2.34. The molecule has 3 fully saturated rings. The number of piperazine rings is 1. The SMILES string of the molecule is COc1ccc(-c2noc(N3CCCC(C(=O)N4CCN(C5CCCCC5)CC4)C3)n2)cc1. The van der Waals surface area contributed by atoms with Gasteiger partial charge in [-0.05, 0) is 49.9 Å². The van der Waals surface area contributed by atoms with E-state index in [1.165, 1.54) is 32.1 Å². The van der Waals surface area contributed by atoms with Gasteiger partial charge in [-0.25, -0.2) is 0 Å². The molecule has 0 spiro atoms. The first-order chi connectivity index (χ1) is 16.2. The number of aromatic nitrogens is 2. The molecule has 1 aromatic carbocycles. The fourth-order valence-electron chi connectivity index (χ4n) is 5.57. The van der Waals surface area contributed by atoms with Gasteiger partial charge in [0.15, 0.2) is 0 Å². The smallest absolute Gasteiger partial charge is 0.324 e. The van der Waals surface area contributed by atoms with Crippen molar-refractivity contribution >= 4 is 11.9 Å². The Hall–Kier alpha value is -2.61. The number of nitrogens with zero attached hydrogens (tertiary/aromatic N) is 5. The van der Waals surface area contributed by atoms with Gasteiger partial charge in [0, 0.05) is 50.9 Å². The summed E-state index contributed by atoms with van der Waals surface area (Å²) in [4.78, 5) is 24.7. The molecule has 3 aliphatic rings. The number of hydrogen-bond donors (Lipinski definition) is 0. The largest absolute Gasteiger partial charge is 0.497 e. The first kappa shape index (κ1) is 22.2. The topological polar surface area (TPSA) is 74.9 Å². The van der Waals surface area contributed by atoms with Crippen LogP contribution in [0.15, 0.2) is 28.8 Å². The molecule has 1 unspecified atom stereocenters. The summed E-state index contributed by atoms with van der Waals surface area (Å²) < 4.78 is 10.8. The molecule has 3 heterocycles. The summed E-state index contributed by atoms with van der Waals surface area (Å²) in [6.45, 7) is 5.22. The molecule has 8 nitrogen and oxygen atoms in total. The molecular formula is C25H35N5O3. The summed E-state index contributed by atoms with van der Waals surface area (Å²) in [5, 5.41) is 4.16. The third-order valence-corrected chi connectivity index (χ3v) is 7.52. The molecule has 1 amide bonds. The van der Waals surface area contributed by atoms with Gasteiger partial charge < -0.3 is 19.1 Å². The lowest BCUT2D eigenvalue weighted by molar-refractivity contribution is -0.138. The van der Waals surface area contributed by atoms with Crippen molar-refractivity contribution < 1.29 is 14.1 Å². The van der Waals surface area contributed by atoms with Crippen molar-refractivity contribution in [3.63, 3.8) is 0 Å². The maximum Gasteiger partial charge on any atom is 0.324 e. The number of ether oxygens (including phenoxy) is 1. The molecule has 0 bridgehead atoms. The van der Waals surface area contributed by atoms with Gasteiger partial charge in [-0.15, -0.1) is 0 Å². The Balaban J connectivity index is 1.17. The highest BCUT2D eigenvalue weighted by molar-refractivity contribution is 5.79. The number of carbonyl (C=O) groups excluding carboxylic acids is 1. The molecule has 8 heteroatoms. The first-order valence-electron chi connectivity index (χ1n) is 12.5. The lowest BCUT2D eigenvalue weighted by Gasteiger charge is -2.42. The van der Waals surface area contributed by atoms with Crippen LogP contribution in [0, 0.1) is 5.92 Å². The van der Waals surface area contributed by atoms with E-state index in [-0.39, 0.29) is 11.8 Å². The molecule has 178 valence electrons. The Morgan fingerprint density at radius 1 is 0.970 bits per heavy atom. The highest BCUT2D eigenvalue weighted by Crippen LogP contribution is 2.28. The lowest BCUT2D eigenvalue weighted by atomic mass is 9.93. The Kier molecular flexibility index (Phi) is 6.80. The average Bonchev–Trinajstić information content (AvgIpc) is 3.39. The molecule has 2 saturated heterocycles. The van der Waals surface area contributed by atoms with Crippen LogP contribution in [-0.4, -0.2) is 78.3 Å². The molecular weight excluding hydrogens is 418 g/mol. The van der Waals surface area contributed by atoms with Gasteiger partial charge in [-0.3, -0.25) is 9.69 Å². The molecule has 1 aliphatic carbocycles. The van der Waals surface area contributed by atoms with E-state index < -0.39 is 0 Å². The zero-order valence-corrected chi connectivity index (χ0v) is 19.6. The van der Waals surface area contributed by atoms with Crippen molar-refractivity contribution in [1.29, 1.82) is 0 Å². The van der Waals surface area contributed by atoms with E-state index in [2.05, 4.69) is 24.8 Å². The predicted octanol–water partition coefficient (Wildman–Crippen LogP) is 3.44. The normalized spacial score (nSPS) is 23.0. The Morgan fingerprint density at radius 2 is 1.73 bits per heavy atom. The predicted molar refractivity (Wildman–Crippen MR) is 126 cm³/mol. The van der Waals surface area contributed by atoms with Gasteiger partial charge in [0.25, 0.3) is 0 Å². The van der Waals surface area contributed by atoms with E-state index in [4.69, 9.17) is 9.26 Å². The van der Waals surface area contributed by atoms with E-state index in [9.17, 15) is 4.79 Å². The van der Waals surface area contributed by atoms with Crippen molar-refractivity contribution in [1.82, 2.24) is 19.9 Å². The number of amides is 1. The minimum absolute atomic E-state index is 0.00341. The summed E-state index contributed by atoms with van der Waals surface area (Å²) in [6.07, 6.45) is 8.64. The van der Waals surface area contributed by atoms with Gasteiger partial charge in [-0.1, -0.05) is 24.4 Å². The van der Waals surface area contributed by atoms with E-state index in [1.807, 2.05) is 24.3 Å². The number of methoxy groups -OCH3 is 1. The van der Waals surface area contributed by atoms with Crippen molar-refractivity contribution in [2.24, 2.45) is 5.92 Å². The molecule has 5 rings (SSSR count). The summed E-state index contributed by atoms with van der Waals surface area (Å²) in [5.74, 6) is 1.63. The third kappa shape index (κ3) is 5.00. The summed E-state index contributed by atoms with van der Waals surface area (Å²) >= 11 is 0. The van der Waals surface area contributed by atoms with Gasteiger partial charge in [-0.2, -0.15) is 4.98 Å². The standard InChI is InChI=1S/C25H35N5O3/c1-32-22-11-9-19(10-12-22)23-26-25(33-27-23)30-13-5-6-20(18-30)24(31)29-16-14-28(15-17-29)21-7-3-2-4-8-21/h9-12,20-21H,2-8,13-18H2,1H3. The van der Waals surface area contributed by atoms with Gasteiger partial charge in [0.2, 0.25) is 11.7 Å². The summed E-state index contributed by atoms with van der Waals surface area (Å²) in [7, 11) is 1.65. The number of anilines is 1. The number of carbonyl (C=O) groups is 1. The van der Waals surface area contributed by atoms with Crippen LogP contribution in [-0.2, 0) is 4.79 Å². The van der Waals surface area contributed by atoms with Crippen LogP contribution >= 0.6 is 0 Å². The second kappa shape index (κ2) is 10.1. The monoisotopic (exact) mass is 453 g/mol. The van der Waals surface area contributed by atoms with E-state index in [1.54, 1.807) is 7.11 Å².